The molecule has 0 radical (unpaired) electrons. The van der Waals surface area contributed by atoms with Crippen molar-refractivity contribution in [2.45, 2.75) is 32.1 Å². The molecule has 5 rings (SSSR count). The van der Waals surface area contributed by atoms with Gasteiger partial charge in [0.05, 0.1) is 5.69 Å². The van der Waals surface area contributed by atoms with Crippen molar-refractivity contribution < 1.29 is 4.79 Å². The van der Waals surface area contributed by atoms with Gasteiger partial charge in [0, 0.05) is 48.3 Å². The van der Waals surface area contributed by atoms with E-state index in [2.05, 4.69) is 47.8 Å². The number of fused-ring (bicyclic) bond motifs is 3. The lowest BCUT2D eigenvalue weighted by molar-refractivity contribution is -0.135. The Kier molecular flexibility index (Phi) is 2.80. The molecule has 124 valence electrons. The second kappa shape index (κ2) is 4.71. The minimum atomic E-state index is -0.0569. The van der Waals surface area contributed by atoms with Crippen LogP contribution in [-0.2, 0) is 18.3 Å². The van der Waals surface area contributed by atoms with E-state index in [4.69, 9.17) is 5.10 Å². The van der Waals surface area contributed by atoms with Crippen LogP contribution in [0.3, 0.4) is 0 Å². The lowest BCUT2D eigenvalue weighted by Gasteiger charge is -2.21. The first-order valence-corrected chi connectivity index (χ1v) is 8.97. The molecule has 2 aliphatic carbocycles. The minimum Gasteiger partial charge on any atom is -0.341 e. The van der Waals surface area contributed by atoms with E-state index in [-0.39, 0.29) is 5.41 Å². The van der Waals surface area contributed by atoms with Gasteiger partial charge >= 0.3 is 0 Å². The summed E-state index contributed by atoms with van der Waals surface area (Å²) in [6.07, 6.45) is 3.17. The van der Waals surface area contributed by atoms with Gasteiger partial charge in [-0.1, -0.05) is 37.3 Å². The predicted octanol–water partition coefficient (Wildman–Crippen LogP) is 2.99. The Hall–Kier alpha value is -2.10. The van der Waals surface area contributed by atoms with Gasteiger partial charge in [-0.25, -0.2) is 0 Å². The number of aromatic nitrogens is 2. The highest BCUT2D eigenvalue weighted by Crippen LogP contribution is 2.51. The number of nitrogens with zero attached hydrogens (tertiary/aromatic N) is 3. The molecule has 1 saturated carbocycles. The van der Waals surface area contributed by atoms with E-state index in [0.717, 1.165) is 38.0 Å². The van der Waals surface area contributed by atoms with Crippen LogP contribution in [0.25, 0.3) is 11.3 Å². The maximum absolute atomic E-state index is 12.7. The predicted molar refractivity (Wildman–Crippen MR) is 92.5 cm³/mol. The van der Waals surface area contributed by atoms with Crippen molar-refractivity contribution in [3.63, 3.8) is 0 Å². The second-order valence-electron chi connectivity index (χ2n) is 8.04. The summed E-state index contributed by atoms with van der Waals surface area (Å²) >= 11 is 0. The normalized spacial score (nSPS) is 26.3. The van der Waals surface area contributed by atoms with Crippen molar-refractivity contribution in [3.8, 4) is 11.3 Å². The van der Waals surface area contributed by atoms with Gasteiger partial charge in [0.1, 0.15) is 0 Å². The molecule has 2 atom stereocenters. The van der Waals surface area contributed by atoms with Crippen molar-refractivity contribution in [1.82, 2.24) is 14.7 Å². The molecule has 3 aliphatic rings. The van der Waals surface area contributed by atoms with E-state index in [1.54, 1.807) is 0 Å². The molecular formula is C20H23N3O. The molecule has 2 fully saturated rings. The lowest BCUT2D eigenvalue weighted by atomic mass is 9.94. The van der Waals surface area contributed by atoms with Gasteiger partial charge in [-0.15, -0.1) is 0 Å². The summed E-state index contributed by atoms with van der Waals surface area (Å²) in [5.74, 6) is 1.40. The van der Waals surface area contributed by atoms with Gasteiger partial charge in [0.15, 0.2) is 0 Å². The van der Waals surface area contributed by atoms with Gasteiger partial charge in [0.25, 0.3) is 0 Å². The molecule has 4 heteroatoms. The molecule has 1 aromatic heterocycles. The number of benzene rings is 1. The summed E-state index contributed by atoms with van der Waals surface area (Å²) in [5, 5.41) is 4.81. The average Bonchev–Trinajstić information content (AvgIpc) is 2.94. The van der Waals surface area contributed by atoms with E-state index >= 15 is 0 Å². The number of aryl methyl sites for hydroxylation is 1. The Labute approximate surface area is 142 Å². The van der Waals surface area contributed by atoms with Crippen LogP contribution >= 0.6 is 0 Å². The third kappa shape index (κ3) is 1.92. The van der Waals surface area contributed by atoms with E-state index in [1.807, 2.05) is 6.07 Å². The number of hydrogen-bond donors (Lipinski definition) is 0. The van der Waals surface area contributed by atoms with Crippen LogP contribution in [0.5, 0.6) is 0 Å². The highest BCUT2D eigenvalue weighted by molar-refractivity contribution is 5.85. The van der Waals surface area contributed by atoms with Crippen molar-refractivity contribution in [1.29, 1.82) is 0 Å². The summed E-state index contributed by atoms with van der Waals surface area (Å²) in [6.45, 7) is 3.91. The summed E-state index contributed by atoms with van der Waals surface area (Å²) in [4.78, 5) is 14.9. The van der Waals surface area contributed by atoms with Crippen molar-refractivity contribution in [3.05, 3.63) is 41.6 Å². The van der Waals surface area contributed by atoms with Gasteiger partial charge in [-0.05, 0) is 25.2 Å². The van der Waals surface area contributed by atoms with Gasteiger partial charge in [-0.2, -0.15) is 5.10 Å². The van der Waals surface area contributed by atoms with Crippen LogP contribution < -0.4 is 0 Å². The third-order valence-electron chi connectivity index (χ3n) is 6.32. The van der Waals surface area contributed by atoms with Crippen LogP contribution in [0.4, 0.5) is 0 Å². The van der Waals surface area contributed by atoms with E-state index < -0.39 is 0 Å². The van der Waals surface area contributed by atoms with Gasteiger partial charge < -0.3 is 4.90 Å². The molecule has 1 saturated heterocycles. The quantitative estimate of drug-likeness (QED) is 0.853. The zero-order chi connectivity index (χ0) is 16.5. The van der Waals surface area contributed by atoms with Crippen molar-refractivity contribution in [2.75, 3.05) is 13.1 Å². The van der Waals surface area contributed by atoms with Crippen LogP contribution in [-0.4, -0.2) is 33.7 Å². The zero-order valence-corrected chi connectivity index (χ0v) is 14.3. The number of carbonyl (C=O) groups excluding carboxylic acids is 1. The molecule has 2 heterocycles. The first-order valence-electron chi connectivity index (χ1n) is 8.97. The molecule has 0 unspecified atom stereocenters. The first-order chi connectivity index (χ1) is 11.6. The summed E-state index contributed by atoms with van der Waals surface area (Å²) < 4.78 is 2.06. The van der Waals surface area contributed by atoms with E-state index in [0.29, 0.717) is 17.7 Å². The standard InChI is InChI=1S/C20H23N3O/c1-20(8-9-20)19(24)23-11-14-10-16-17(15(14)12-23)18(21-22(16)2)13-6-4-3-5-7-13/h3-7,14-15H,8-12H2,1-2H3/t14-,15+/m0/s1. The Balaban J connectivity index is 1.50. The first kappa shape index (κ1) is 14.3. The monoisotopic (exact) mass is 321 g/mol. The Morgan fingerprint density at radius 2 is 1.96 bits per heavy atom. The summed E-state index contributed by atoms with van der Waals surface area (Å²) in [6, 6.07) is 10.5. The fraction of sp³-hybridized carbons (Fsp3) is 0.500. The molecule has 2 aromatic rings. The SMILES string of the molecule is Cn1nc(-c2ccccc2)c2c1C[C@H]1CN(C(=O)C3(C)CC3)C[C@@H]21. The van der Waals surface area contributed by atoms with Crippen LogP contribution in [0.1, 0.15) is 36.9 Å². The highest BCUT2D eigenvalue weighted by Gasteiger charge is 2.52. The number of rotatable bonds is 2. The molecular weight excluding hydrogens is 298 g/mol. The maximum atomic E-state index is 12.7. The minimum absolute atomic E-state index is 0.0569. The number of carbonyl (C=O) groups is 1. The molecule has 4 nitrogen and oxygen atoms in total. The summed E-state index contributed by atoms with van der Waals surface area (Å²) in [7, 11) is 2.06. The van der Waals surface area contributed by atoms with Gasteiger partial charge in [0.2, 0.25) is 5.91 Å². The molecule has 24 heavy (non-hydrogen) atoms. The zero-order valence-electron chi connectivity index (χ0n) is 14.3. The summed E-state index contributed by atoms with van der Waals surface area (Å²) in [5.41, 5.74) is 5.01. The Morgan fingerprint density at radius 3 is 2.67 bits per heavy atom. The maximum Gasteiger partial charge on any atom is 0.228 e. The van der Waals surface area contributed by atoms with E-state index in [1.165, 1.54) is 16.8 Å². The lowest BCUT2D eigenvalue weighted by Crippen LogP contribution is -2.35. The smallest absolute Gasteiger partial charge is 0.228 e. The number of amides is 1. The van der Waals surface area contributed by atoms with E-state index in [9.17, 15) is 4.79 Å². The van der Waals surface area contributed by atoms with Gasteiger partial charge in [-0.3, -0.25) is 9.48 Å². The Bertz CT molecular complexity index is 819. The molecule has 0 bridgehead atoms. The molecule has 0 N–H and O–H groups in total. The number of hydrogen-bond acceptors (Lipinski definition) is 2. The van der Waals surface area contributed by atoms with Crippen LogP contribution in [0.2, 0.25) is 0 Å². The second-order valence-corrected chi connectivity index (χ2v) is 8.04. The van der Waals surface area contributed by atoms with Crippen molar-refractivity contribution >= 4 is 5.91 Å². The number of likely N-dealkylation sites (tertiary alicyclic amines) is 1. The fourth-order valence-corrected chi connectivity index (χ4v) is 4.62. The Morgan fingerprint density at radius 1 is 1.21 bits per heavy atom. The highest BCUT2D eigenvalue weighted by atomic mass is 16.2. The van der Waals surface area contributed by atoms with Crippen LogP contribution in [0, 0.1) is 11.3 Å². The van der Waals surface area contributed by atoms with Crippen molar-refractivity contribution in [2.24, 2.45) is 18.4 Å². The molecule has 1 aromatic carbocycles. The molecule has 0 spiro atoms. The molecule has 1 amide bonds. The average molecular weight is 321 g/mol. The molecule has 1 aliphatic heterocycles. The largest absolute Gasteiger partial charge is 0.341 e. The fourth-order valence-electron chi connectivity index (χ4n) is 4.62. The van der Waals surface area contributed by atoms with Crippen LogP contribution in [0.15, 0.2) is 30.3 Å². The topological polar surface area (TPSA) is 38.1 Å². The third-order valence-corrected chi connectivity index (χ3v) is 6.32.